The second-order valence-electron chi connectivity index (χ2n) is 6.62. The van der Waals surface area contributed by atoms with Crippen molar-refractivity contribution in [2.45, 2.75) is 31.3 Å². The molecule has 0 saturated carbocycles. The molecule has 1 saturated heterocycles. The van der Waals surface area contributed by atoms with Gasteiger partial charge in [0.25, 0.3) is 0 Å². The Hall–Kier alpha value is -2.41. The number of para-hydroxylation sites is 1. The average Bonchev–Trinajstić information content (AvgIpc) is 3.19. The topological polar surface area (TPSA) is 85.5 Å². The Balaban J connectivity index is 1.41. The lowest BCUT2D eigenvalue weighted by Crippen LogP contribution is -2.45. The number of hydrogen-bond donors (Lipinski definition) is 1. The molecule has 0 aliphatic carbocycles. The molecule has 4 rings (SSSR count). The fourth-order valence-corrected chi connectivity index (χ4v) is 4.16. The molecule has 3 heterocycles. The first-order valence-corrected chi connectivity index (χ1v) is 9.22. The van der Waals surface area contributed by atoms with Gasteiger partial charge in [0.1, 0.15) is 11.4 Å². The van der Waals surface area contributed by atoms with E-state index in [0.29, 0.717) is 55.2 Å². The van der Waals surface area contributed by atoms with E-state index < -0.39 is 5.60 Å². The first-order valence-electron chi connectivity index (χ1n) is 8.34. The van der Waals surface area contributed by atoms with Crippen LogP contribution in [0.1, 0.15) is 35.3 Å². The molecule has 2 aliphatic rings. The van der Waals surface area contributed by atoms with Gasteiger partial charge in [-0.3, -0.25) is 9.59 Å². The van der Waals surface area contributed by atoms with E-state index in [-0.39, 0.29) is 11.7 Å². The van der Waals surface area contributed by atoms with Crippen molar-refractivity contribution in [3.05, 3.63) is 40.9 Å². The van der Waals surface area contributed by atoms with Gasteiger partial charge in [-0.15, -0.1) is 11.3 Å². The lowest BCUT2D eigenvalue weighted by Gasteiger charge is -2.34. The molecule has 1 aromatic carbocycles. The molecule has 0 radical (unpaired) electrons. The van der Waals surface area contributed by atoms with E-state index >= 15 is 0 Å². The lowest BCUT2D eigenvalue weighted by molar-refractivity contribution is -0.131. The van der Waals surface area contributed by atoms with Crippen LogP contribution in [-0.4, -0.2) is 40.3 Å². The standard InChI is InChI=1S/C18H19N3O3S/c19-17-20-12(10-25-17)5-6-16(23)21-8-7-18(11-21)9-14(22)13-3-1-2-4-15(13)24-18/h1-4,10H,5-9,11H2,(H2,19,20)/t18-/m1/s1. The van der Waals surface area contributed by atoms with E-state index in [4.69, 9.17) is 10.5 Å². The molecule has 2 aliphatic heterocycles. The van der Waals surface area contributed by atoms with Crippen LogP contribution in [0.5, 0.6) is 5.75 Å². The Bertz CT molecular complexity index is 834. The number of ether oxygens (including phenoxy) is 1. The number of Topliss-reactive ketones (excluding diaryl/α,β-unsaturated/α-hetero) is 1. The quantitative estimate of drug-likeness (QED) is 0.911. The molecule has 7 heteroatoms. The number of benzene rings is 1. The van der Waals surface area contributed by atoms with Crippen LogP contribution in [0.15, 0.2) is 29.6 Å². The maximum Gasteiger partial charge on any atom is 0.223 e. The second-order valence-corrected chi connectivity index (χ2v) is 7.51. The summed E-state index contributed by atoms with van der Waals surface area (Å²) in [6.45, 7) is 1.08. The Kier molecular flexibility index (Phi) is 3.95. The van der Waals surface area contributed by atoms with E-state index in [1.807, 2.05) is 23.6 Å². The lowest BCUT2D eigenvalue weighted by atomic mass is 9.89. The molecule has 1 aromatic heterocycles. The normalized spacial score (nSPS) is 22.1. The minimum absolute atomic E-state index is 0.0679. The summed E-state index contributed by atoms with van der Waals surface area (Å²) >= 11 is 1.38. The molecular weight excluding hydrogens is 338 g/mol. The zero-order valence-corrected chi connectivity index (χ0v) is 14.6. The van der Waals surface area contributed by atoms with Crippen molar-refractivity contribution in [1.82, 2.24) is 9.88 Å². The zero-order valence-electron chi connectivity index (χ0n) is 13.7. The SMILES string of the molecule is Nc1nc(CCC(=O)N2CC[C@@]3(CC(=O)c4ccccc4O3)C2)cs1. The molecule has 1 atom stereocenters. The molecule has 25 heavy (non-hydrogen) atoms. The fraction of sp³-hybridized carbons (Fsp3) is 0.389. The van der Waals surface area contributed by atoms with Crippen LogP contribution in [0.25, 0.3) is 0 Å². The molecule has 1 fully saturated rings. The minimum Gasteiger partial charge on any atom is -0.484 e. The number of carbonyl (C=O) groups is 2. The zero-order chi connectivity index (χ0) is 17.4. The molecule has 2 N–H and O–H groups in total. The Morgan fingerprint density at radius 1 is 1.40 bits per heavy atom. The number of ketones is 1. The van der Waals surface area contributed by atoms with Crippen LogP contribution in [0.2, 0.25) is 0 Å². The first kappa shape index (κ1) is 16.1. The van der Waals surface area contributed by atoms with Crippen molar-refractivity contribution in [3.63, 3.8) is 0 Å². The van der Waals surface area contributed by atoms with E-state index in [2.05, 4.69) is 4.98 Å². The Labute approximate surface area is 149 Å². The number of anilines is 1. The van der Waals surface area contributed by atoms with Crippen molar-refractivity contribution >= 4 is 28.2 Å². The van der Waals surface area contributed by atoms with Gasteiger partial charge >= 0.3 is 0 Å². The highest BCUT2D eigenvalue weighted by atomic mass is 32.1. The van der Waals surface area contributed by atoms with Crippen molar-refractivity contribution < 1.29 is 14.3 Å². The molecule has 2 aromatic rings. The highest BCUT2D eigenvalue weighted by Crippen LogP contribution is 2.38. The number of likely N-dealkylation sites (tertiary alicyclic amines) is 1. The number of nitrogens with two attached hydrogens (primary N) is 1. The summed E-state index contributed by atoms with van der Waals surface area (Å²) < 4.78 is 6.16. The highest BCUT2D eigenvalue weighted by molar-refractivity contribution is 7.13. The average molecular weight is 357 g/mol. The predicted octanol–water partition coefficient (Wildman–Crippen LogP) is 2.29. The fourth-order valence-electron chi connectivity index (χ4n) is 3.56. The summed E-state index contributed by atoms with van der Waals surface area (Å²) in [4.78, 5) is 30.9. The van der Waals surface area contributed by atoms with Crippen molar-refractivity contribution in [3.8, 4) is 5.75 Å². The van der Waals surface area contributed by atoms with Gasteiger partial charge < -0.3 is 15.4 Å². The largest absolute Gasteiger partial charge is 0.484 e. The maximum atomic E-state index is 12.5. The van der Waals surface area contributed by atoms with Gasteiger partial charge in [-0.2, -0.15) is 0 Å². The third-order valence-electron chi connectivity index (χ3n) is 4.83. The number of carbonyl (C=O) groups excluding carboxylic acids is 2. The predicted molar refractivity (Wildman–Crippen MR) is 94.8 cm³/mol. The number of rotatable bonds is 3. The minimum atomic E-state index is -0.577. The summed E-state index contributed by atoms with van der Waals surface area (Å²) in [5.41, 5.74) is 6.53. The number of thiazole rings is 1. The molecule has 130 valence electrons. The van der Waals surface area contributed by atoms with E-state index in [1.54, 1.807) is 11.0 Å². The number of nitrogens with zero attached hydrogens (tertiary/aromatic N) is 2. The highest BCUT2D eigenvalue weighted by Gasteiger charge is 2.46. The third kappa shape index (κ3) is 3.11. The van der Waals surface area contributed by atoms with Gasteiger partial charge in [0.15, 0.2) is 10.9 Å². The number of aromatic nitrogens is 1. The van der Waals surface area contributed by atoms with Gasteiger partial charge in [0.2, 0.25) is 5.91 Å². The van der Waals surface area contributed by atoms with Crippen LogP contribution in [0.3, 0.4) is 0 Å². The molecule has 6 nitrogen and oxygen atoms in total. The van der Waals surface area contributed by atoms with Crippen molar-refractivity contribution in [1.29, 1.82) is 0 Å². The molecular formula is C18H19N3O3S. The summed E-state index contributed by atoms with van der Waals surface area (Å²) in [7, 11) is 0. The Morgan fingerprint density at radius 2 is 2.24 bits per heavy atom. The number of amides is 1. The van der Waals surface area contributed by atoms with Crippen LogP contribution < -0.4 is 10.5 Å². The van der Waals surface area contributed by atoms with Crippen LogP contribution in [-0.2, 0) is 11.2 Å². The van der Waals surface area contributed by atoms with Gasteiger partial charge in [-0.25, -0.2) is 4.98 Å². The van der Waals surface area contributed by atoms with Gasteiger partial charge in [0.05, 0.1) is 24.2 Å². The van der Waals surface area contributed by atoms with E-state index in [1.165, 1.54) is 11.3 Å². The number of nitrogen functional groups attached to an aromatic ring is 1. The van der Waals surface area contributed by atoms with Crippen LogP contribution >= 0.6 is 11.3 Å². The smallest absolute Gasteiger partial charge is 0.223 e. The summed E-state index contributed by atoms with van der Waals surface area (Å²) in [5, 5.41) is 2.41. The van der Waals surface area contributed by atoms with Gasteiger partial charge in [-0.1, -0.05) is 12.1 Å². The maximum absolute atomic E-state index is 12.5. The van der Waals surface area contributed by atoms with Crippen molar-refractivity contribution in [2.75, 3.05) is 18.8 Å². The van der Waals surface area contributed by atoms with E-state index in [0.717, 1.165) is 5.69 Å². The summed E-state index contributed by atoms with van der Waals surface area (Å²) in [5.74, 6) is 0.790. The van der Waals surface area contributed by atoms with Gasteiger partial charge in [0, 0.05) is 24.8 Å². The monoisotopic (exact) mass is 357 g/mol. The molecule has 1 spiro atoms. The first-order chi connectivity index (χ1) is 12.0. The molecule has 0 unspecified atom stereocenters. The second kappa shape index (κ2) is 6.15. The summed E-state index contributed by atoms with van der Waals surface area (Å²) in [6.07, 6.45) is 1.99. The number of aryl methyl sites for hydroxylation is 1. The molecule has 1 amide bonds. The summed E-state index contributed by atoms with van der Waals surface area (Å²) in [6, 6.07) is 7.32. The van der Waals surface area contributed by atoms with Crippen LogP contribution in [0.4, 0.5) is 5.13 Å². The number of fused-ring (bicyclic) bond motifs is 1. The van der Waals surface area contributed by atoms with E-state index in [9.17, 15) is 9.59 Å². The van der Waals surface area contributed by atoms with Gasteiger partial charge in [-0.05, 0) is 18.6 Å². The third-order valence-corrected chi connectivity index (χ3v) is 5.55. The Morgan fingerprint density at radius 3 is 3.04 bits per heavy atom. The number of hydrogen-bond acceptors (Lipinski definition) is 6. The molecule has 0 bridgehead atoms. The van der Waals surface area contributed by atoms with Crippen LogP contribution in [0, 0.1) is 0 Å². The van der Waals surface area contributed by atoms with Crippen molar-refractivity contribution in [2.24, 2.45) is 0 Å².